The second-order valence-electron chi connectivity index (χ2n) is 4.14. The fourth-order valence-corrected chi connectivity index (χ4v) is 3.13. The summed E-state index contributed by atoms with van der Waals surface area (Å²) in [6, 6.07) is -0.566. The molecule has 0 saturated carbocycles. The number of ether oxygens (including phenoxy) is 1. The average molecular weight is 305 g/mol. The minimum atomic E-state index is -4.20. The van der Waals surface area contributed by atoms with Gasteiger partial charge in [-0.05, 0) is 13.8 Å². The molecule has 112 valence electrons. The number of aromatic carboxylic acids is 1. The quantitative estimate of drug-likeness (QED) is 0.689. The van der Waals surface area contributed by atoms with Crippen LogP contribution in [-0.2, 0) is 19.6 Å². The fraction of sp³-hybridized carbons (Fsp3) is 0.500. The van der Waals surface area contributed by atoms with E-state index in [1.807, 2.05) is 0 Å². The first-order valence-corrected chi connectivity index (χ1v) is 7.01. The molecule has 0 unspecified atom stereocenters. The number of hydrogen-bond donors (Lipinski definition) is 2. The molecule has 0 amide bonds. The van der Waals surface area contributed by atoms with E-state index in [9.17, 15) is 18.0 Å². The SMILES string of the molecule is COC(=O)CN(C(C)C)S(=O)(=O)c1[nH]ncc1C(=O)O. The number of nitrogens with zero attached hydrogens (tertiary/aromatic N) is 2. The number of carboxylic acids is 1. The third-order valence-corrected chi connectivity index (χ3v) is 4.49. The van der Waals surface area contributed by atoms with Crippen LogP contribution < -0.4 is 0 Å². The zero-order chi connectivity index (χ0) is 15.5. The number of carboxylic acid groups (broad SMARTS) is 1. The minimum absolute atomic E-state index is 0.486. The van der Waals surface area contributed by atoms with E-state index in [-0.39, 0.29) is 0 Å². The number of carbonyl (C=O) groups is 2. The Bertz CT molecular complexity index is 606. The molecule has 0 aliphatic carbocycles. The first kappa shape index (κ1) is 16.1. The molecule has 0 radical (unpaired) electrons. The van der Waals surface area contributed by atoms with E-state index in [2.05, 4.69) is 14.9 Å². The monoisotopic (exact) mass is 305 g/mol. The van der Waals surface area contributed by atoms with Crippen LogP contribution in [0, 0.1) is 0 Å². The van der Waals surface area contributed by atoms with Crippen LogP contribution in [0.4, 0.5) is 0 Å². The zero-order valence-electron chi connectivity index (χ0n) is 11.2. The summed E-state index contributed by atoms with van der Waals surface area (Å²) >= 11 is 0. The molecule has 2 N–H and O–H groups in total. The van der Waals surface area contributed by atoms with Crippen LogP contribution in [0.1, 0.15) is 24.2 Å². The van der Waals surface area contributed by atoms with Gasteiger partial charge in [-0.1, -0.05) is 0 Å². The largest absolute Gasteiger partial charge is 0.478 e. The molecular weight excluding hydrogens is 290 g/mol. The second-order valence-corrected chi connectivity index (χ2v) is 5.97. The van der Waals surface area contributed by atoms with Gasteiger partial charge in [-0.15, -0.1) is 0 Å². The van der Waals surface area contributed by atoms with E-state index in [0.717, 1.165) is 17.6 Å². The highest BCUT2D eigenvalue weighted by atomic mass is 32.2. The van der Waals surface area contributed by atoms with Crippen LogP contribution in [0.2, 0.25) is 0 Å². The Hall–Kier alpha value is -1.94. The summed E-state index contributed by atoms with van der Waals surface area (Å²) in [7, 11) is -3.07. The van der Waals surface area contributed by atoms with Crippen LogP contribution in [-0.4, -0.2) is 59.7 Å². The van der Waals surface area contributed by atoms with Gasteiger partial charge in [0.25, 0.3) is 10.0 Å². The van der Waals surface area contributed by atoms with Gasteiger partial charge in [0, 0.05) is 6.04 Å². The maximum Gasteiger partial charge on any atom is 0.340 e. The van der Waals surface area contributed by atoms with Crippen molar-refractivity contribution >= 4 is 22.0 Å². The lowest BCUT2D eigenvalue weighted by molar-refractivity contribution is -0.141. The number of sulfonamides is 1. The van der Waals surface area contributed by atoms with E-state index in [1.54, 1.807) is 13.8 Å². The molecule has 1 aromatic heterocycles. The van der Waals surface area contributed by atoms with E-state index < -0.39 is 45.1 Å². The van der Waals surface area contributed by atoms with Crippen molar-refractivity contribution in [2.45, 2.75) is 24.9 Å². The van der Waals surface area contributed by atoms with Crippen molar-refractivity contribution < 1.29 is 27.9 Å². The molecule has 0 saturated heterocycles. The predicted octanol–water partition coefficient (Wildman–Crippen LogP) is -0.320. The summed E-state index contributed by atoms with van der Waals surface area (Å²) in [5.41, 5.74) is -0.486. The van der Waals surface area contributed by atoms with Crippen LogP contribution in [0.5, 0.6) is 0 Å². The lowest BCUT2D eigenvalue weighted by atomic mass is 10.4. The first-order valence-electron chi connectivity index (χ1n) is 5.57. The normalized spacial score (nSPS) is 11.8. The van der Waals surface area contributed by atoms with Gasteiger partial charge in [-0.25, -0.2) is 13.2 Å². The lowest BCUT2D eigenvalue weighted by Gasteiger charge is -2.24. The number of esters is 1. The molecule has 0 bridgehead atoms. The maximum absolute atomic E-state index is 12.4. The van der Waals surface area contributed by atoms with Gasteiger partial charge in [0.15, 0.2) is 5.03 Å². The highest BCUT2D eigenvalue weighted by Gasteiger charge is 2.34. The Morgan fingerprint density at radius 3 is 2.55 bits per heavy atom. The molecule has 10 heteroatoms. The van der Waals surface area contributed by atoms with E-state index >= 15 is 0 Å². The van der Waals surface area contributed by atoms with Crippen LogP contribution in [0.15, 0.2) is 11.2 Å². The molecule has 0 aromatic carbocycles. The summed E-state index contributed by atoms with van der Waals surface area (Å²) in [4.78, 5) is 22.3. The van der Waals surface area contributed by atoms with Gasteiger partial charge in [-0.2, -0.15) is 9.40 Å². The number of rotatable bonds is 6. The standard InChI is InChI=1S/C10H15N3O6S/c1-6(2)13(5-8(14)19-3)20(17,18)9-7(10(15)16)4-11-12-9/h4,6H,5H2,1-3H3,(H,11,12)(H,15,16). The van der Waals surface area contributed by atoms with Gasteiger partial charge in [-0.3, -0.25) is 9.89 Å². The minimum Gasteiger partial charge on any atom is -0.478 e. The van der Waals surface area contributed by atoms with Crippen molar-refractivity contribution in [2.75, 3.05) is 13.7 Å². The van der Waals surface area contributed by atoms with Crippen LogP contribution >= 0.6 is 0 Å². The summed E-state index contributed by atoms with van der Waals surface area (Å²) in [5, 5.41) is 13.9. The third-order valence-electron chi connectivity index (χ3n) is 2.49. The van der Waals surface area contributed by atoms with Crippen molar-refractivity contribution in [3.05, 3.63) is 11.8 Å². The van der Waals surface area contributed by atoms with Crippen LogP contribution in [0.3, 0.4) is 0 Å². The molecular formula is C10H15N3O6S. The van der Waals surface area contributed by atoms with Crippen molar-refractivity contribution in [1.82, 2.24) is 14.5 Å². The summed E-state index contributed by atoms with van der Waals surface area (Å²) in [5.74, 6) is -2.18. The van der Waals surface area contributed by atoms with E-state index in [1.165, 1.54) is 0 Å². The smallest absolute Gasteiger partial charge is 0.340 e. The second kappa shape index (κ2) is 6.01. The van der Waals surface area contributed by atoms with Gasteiger partial charge in [0.05, 0.1) is 13.3 Å². The maximum atomic E-state index is 12.4. The predicted molar refractivity (Wildman–Crippen MR) is 66.6 cm³/mol. The Labute approximate surface area is 115 Å². The number of aromatic nitrogens is 2. The molecule has 1 rings (SSSR count). The molecule has 0 atom stereocenters. The van der Waals surface area contributed by atoms with Gasteiger partial charge >= 0.3 is 11.9 Å². The van der Waals surface area contributed by atoms with E-state index in [4.69, 9.17) is 5.11 Å². The molecule has 0 spiro atoms. The lowest BCUT2D eigenvalue weighted by Crippen LogP contribution is -2.41. The average Bonchev–Trinajstić information content (AvgIpc) is 2.84. The molecule has 0 aliphatic rings. The topological polar surface area (TPSA) is 130 Å². The van der Waals surface area contributed by atoms with Crippen molar-refractivity contribution in [2.24, 2.45) is 0 Å². The first-order chi connectivity index (χ1) is 9.21. The number of H-pyrrole nitrogens is 1. The Morgan fingerprint density at radius 1 is 1.50 bits per heavy atom. The molecule has 1 heterocycles. The fourth-order valence-electron chi connectivity index (χ4n) is 1.48. The number of hydrogen-bond acceptors (Lipinski definition) is 6. The highest BCUT2D eigenvalue weighted by molar-refractivity contribution is 7.89. The van der Waals surface area contributed by atoms with E-state index in [0.29, 0.717) is 0 Å². The summed E-state index contributed by atoms with van der Waals surface area (Å²) in [6.07, 6.45) is 0.895. The van der Waals surface area contributed by atoms with Crippen molar-refractivity contribution in [3.8, 4) is 0 Å². The van der Waals surface area contributed by atoms with Gasteiger partial charge in [0.1, 0.15) is 12.1 Å². The number of methoxy groups -OCH3 is 1. The van der Waals surface area contributed by atoms with Crippen LogP contribution in [0.25, 0.3) is 0 Å². The molecule has 0 aliphatic heterocycles. The number of carbonyl (C=O) groups excluding carboxylic acids is 1. The number of aromatic amines is 1. The molecule has 0 fully saturated rings. The third kappa shape index (κ3) is 3.14. The molecule has 9 nitrogen and oxygen atoms in total. The van der Waals surface area contributed by atoms with Crippen molar-refractivity contribution in [1.29, 1.82) is 0 Å². The zero-order valence-corrected chi connectivity index (χ0v) is 12.0. The Kier molecular flexibility index (Phi) is 4.84. The molecule has 20 heavy (non-hydrogen) atoms. The Morgan fingerprint density at radius 2 is 2.10 bits per heavy atom. The van der Waals surface area contributed by atoms with Gasteiger partial charge in [0.2, 0.25) is 0 Å². The molecule has 1 aromatic rings. The van der Waals surface area contributed by atoms with Gasteiger partial charge < -0.3 is 9.84 Å². The highest BCUT2D eigenvalue weighted by Crippen LogP contribution is 2.19. The van der Waals surface area contributed by atoms with Crippen molar-refractivity contribution in [3.63, 3.8) is 0 Å². The number of nitrogens with one attached hydrogen (secondary N) is 1. The Balaban J connectivity index is 3.27. The summed E-state index contributed by atoms with van der Waals surface area (Å²) < 4.78 is 30.1. The summed E-state index contributed by atoms with van der Waals surface area (Å²) in [6.45, 7) is 2.59.